The third kappa shape index (κ3) is 4.86. The lowest BCUT2D eigenvalue weighted by atomic mass is 9.98. The zero-order valence-electron chi connectivity index (χ0n) is 15.3. The maximum Gasteiger partial charge on any atom is 0.341 e. The molecule has 1 unspecified atom stereocenters. The molecule has 0 fully saturated rings. The standard InChI is InChI=1S/C20H24ClNO3S/c1-4-6-7-13(5-2)18(23)22-19-17(20(24)25-3)16(12-26-19)14-8-10-15(21)11-9-14/h8-13H,4-7H2,1-3H3,(H,22,23). The number of benzene rings is 1. The molecule has 1 amide bonds. The summed E-state index contributed by atoms with van der Waals surface area (Å²) in [6, 6.07) is 7.23. The summed E-state index contributed by atoms with van der Waals surface area (Å²) in [6.45, 7) is 4.12. The second-order valence-corrected chi connectivity index (χ2v) is 7.40. The van der Waals surface area contributed by atoms with Gasteiger partial charge in [-0.1, -0.05) is 50.4 Å². The fourth-order valence-electron chi connectivity index (χ4n) is 2.78. The minimum atomic E-state index is -0.465. The number of thiophene rings is 1. The maximum atomic E-state index is 12.6. The van der Waals surface area contributed by atoms with Gasteiger partial charge in [0.05, 0.1) is 7.11 Å². The average molecular weight is 394 g/mol. The first kappa shape index (κ1) is 20.5. The summed E-state index contributed by atoms with van der Waals surface area (Å²) in [6.07, 6.45) is 3.68. The van der Waals surface area contributed by atoms with Crippen LogP contribution < -0.4 is 5.32 Å². The Morgan fingerprint density at radius 1 is 1.23 bits per heavy atom. The van der Waals surface area contributed by atoms with E-state index >= 15 is 0 Å². The smallest absolute Gasteiger partial charge is 0.341 e. The number of nitrogens with one attached hydrogen (secondary N) is 1. The summed E-state index contributed by atoms with van der Waals surface area (Å²) in [5.41, 5.74) is 1.97. The van der Waals surface area contributed by atoms with Crippen molar-refractivity contribution in [2.24, 2.45) is 5.92 Å². The molecular formula is C20H24ClNO3S. The number of amides is 1. The van der Waals surface area contributed by atoms with Gasteiger partial charge in [-0.15, -0.1) is 11.3 Å². The Kier molecular flexibility index (Phi) is 7.66. The SMILES string of the molecule is CCCCC(CC)C(=O)Nc1scc(-c2ccc(Cl)cc2)c1C(=O)OC. The lowest BCUT2D eigenvalue weighted by Crippen LogP contribution is -2.23. The third-order valence-electron chi connectivity index (χ3n) is 4.34. The third-order valence-corrected chi connectivity index (χ3v) is 5.49. The van der Waals surface area contributed by atoms with E-state index in [0.717, 1.165) is 36.8 Å². The summed E-state index contributed by atoms with van der Waals surface area (Å²) in [5.74, 6) is -0.565. The van der Waals surface area contributed by atoms with Crippen molar-refractivity contribution >= 4 is 39.8 Å². The van der Waals surface area contributed by atoms with Crippen molar-refractivity contribution in [3.8, 4) is 11.1 Å². The maximum absolute atomic E-state index is 12.6. The number of unbranched alkanes of at least 4 members (excludes halogenated alkanes) is 1. The van der Waals surface area contributed by atoms with E-state index in [9.17, 15) is 9.59 Å². The first-order valence-electron chi connectivity index (χ1n) is 8.78. The van der Waals surface area contributed by atoms with Crippen molar-refractivity contribution in [3.05, 3.63) is 40.2 Å². The van der Waals surface area contributed by atoms with E-state index in [-0.39, 0.29) is 11.8 Å². The topological polar surface area (TPSA) is 55.4 Å². The number of halogens is 1. The zero-order valence-corrected chi connectivity index (χ0v) is 16.9. The highest BCUT2D eigenvalue weighted by Crippen LogP contribution is 2.37. The molecular weight excluding hydrogens is 370 g/mol. The van der Waals surface area contributed by atoms with Crippen LogP contribution in [0, 0.1) is 5.92 Å². The van der Waals surface area contributed by atoms with Crippen molar-refractivity contribution < 1.29 is 14.3 Å². The molecule has 4 nitrogen and oxygen atoms in total. The molecule has 0 saturated carbocycles. The van der Waals surface area contributed by atoms with Crippen molar-refractivity contribution in [1.29, 1.82) is 0 Å². The van der Waals surface area contributed by atoms with E-state index in [1.54, 1.807) is 12.1 Å². The largest absolute Gasteiger partial charge is 0.465 e. The molecule has 0 spiro atoms. The van der Waals surface area contributed by atoms with Gasteiger partial charge in [-0.3, -0.25) is 4.79 Å². The van der Waals surface area contributed by atoms with Gasteiger partial charge in [0, 0.05) is 21.9 Å². The molecule has 0 aliphatic carbocycles. The summed E-state index contributed by atoms with van der Waals surface area (Å²) in [5, 5.41) is 5.95. The molecule has 0 aliphatic rings. The molecule has 0 saturated heterocycles. The summed E-state index contributed by atoms with van der Waals surface area (Å²) in [4.78, 5) is 25.0. The van der Waals surface area contributed by atoms with Crippen LogP contribution in [0.5, 0.6) is 0 Å². The number of esters is 1. The van der Waals surface area contributed by atoms with Gasteiger partial charge in [0.2, 0.25) is 5.91 Å². The van der Waals surface area contributed by atoms with Crippen LogP contribution in [0.15, 0.2) is 29.6 Å². The molecule has 1 atom stereocenters. The number of hydrogen-bond donors (Lipinski definition) is 1. The van der Waals surface area contributed by atoms with Crippen LogP contribution in [-0.2, 0) is 9.53 Å². The first-order chi connectivity index (χ1) is 12.5. The number of carbonyl (C=O) groups excluding carboxylic acids is 2. The fourth-order valence-corrected chi connectivity index (χ4v) is 3.87. The normalized spacial score (nSPS) is 11.8. The zero-order chi connectivity index (χ0) is 19.1. The Hall–Kier alpha value is -1.85. The summed E-state index contributed by atoms with van der Waals surface area (Å²) >= 11 is 7.28. The number of anilines is 1. The van der Waals surface area contributed by atoms with Crippen molar-refractivity contribution in [1.82, 2.24) is 0 Å². The highest BCUT2D eigenvalue weighted by molar-refractivity contribution is 7.15. The van der Waals surface area contributed by atoms with Crippen molar-refractivity contribution in [2.45, 2.75) is 39.5 Å². The van der Waals surface area contributed by atoms with Crippen LogP contribution in [-0.4, -0.2) is 19.0 Å². The fraction of sp³-hybridized carbons (Fsp3) is 0.400. The lowest BCUT2D eigenvalue weighted by molar-refractivity contribution is -0.120. The van der Waals surface area contributed by atoms with Crippen LogP contribution in [0.1, 0.15) is 49.9 Å². The van der Waals surface area contributed by atoms with E-state index in [1.165, 1.54) is 18.4 Å². The number of methoxy groups -OCH3 is 1. The first-order valence-corrected chi connectivity index (χ1v) is 10.0. The highest BCUT2D eigenvalue weighted by atomic mass is 35.5. The Balaban J connectivity index is 2.32. The second kappa shape index (κ2) is 9.74. The van der Waals surface area contributed by atoms with Gasteiger partial charge in [0.15, 0.2) is 0 Å². The molecule has 1 aromatic heterocycles. The molecule has 0 bridgehead atoms. The molecule has 140 valence electrons. The van der Waals surface area contributed by atoms with E-state index in [0.29, 0.717) is 15.6 Å². The minimum Gasteiger partial charge on any atom is -0.465 e. The summed E-state index contributed by atoms with van der Waals surface area (Å²) in [7, 11) is 1.34. The van der Waals surface area contributed by atoms with Gasteiger partial charge < -0.3 is 10.1 Å². The molecule has 0 radical (unpaired) electrons. The Morgan fingerprint density at radius 3 is 2.50 bits per heavy atom. The van der Waals surface area contributed by atoms with E-state index < -0.39 is 5.97 Å². The predicted molar refractivity (Wildman–Crippen MR) is 108 cm³/mol. The van der Waals surface area contributed by atoms with E-state index in [4.69, 9.17) is 16.3 Å². The molecule has 26 heavy (non-hydrogen) atoms. The Morgan fingerprint density at radius 2 is 1.92 bits per heavy atom. The minimum absolute atomic E-state index is 0.0457. The van der Waals surface area contributed by atoms with E-state index in [2.05, 4.69) is 12.2 Å². The van der Waals surface area contributed by atoms with Crippen LogP contribution in [0.3, 0.4) is 0 Å². The Bertz CT molecular complexity index is 755. The molecule has 6 heteroatoms. The summed E-state index contributed by atoms with van der Waals surface area (Å²) < 4.78 is 4.94. The van der Waals surface area contributed by atoms with Crippen LogP contribution in [0.25, 0.3) is 11.1 Å². The van der Waals surface area contributed by atoms with Crippen molar-refractivity contribution in [3.63, 3.8) is 0 Å². The molecule has 2 aromatic rings. The number of hydrogen-bond acceptors (Lipinski definition) is 4. The number of rotatable bonds is 8. The molecule has 1 heterocycles. The predicted octanol–water partition coefficient (Wildman–Crippen LogP) is 6.01. The quantitative estimate of drug-likeness (QED) is 0.558. The second-order valence-electron chi connectivity index (χ2n) is 6.09. The van der Waals surface area contributed by atoms with Gasteiger partial charge in [-0.05, 0) is 30.5 Å². The molecule has 1 aromatic carbocycles. The van der Waals surface area contributed by atoms with E-state index in [1.807, 2.05) is 24.4 Å². The number of carbonyl (C=O) groups is 2. The molecule has 1 N–H and O–H groups in total. The van der Waals surface area contributed by atoms with Gasteiger partial charge in [0.25, 0.3) is 0 Å². The van der Waals surface area contributed by atoms with Crippen LogP contribution in [0.2, 0.25) is 5.02 Å². The highest BCUT2D eigenvalue weighted by Gasteiger charge is 2.24. The molecule has 0 aliphatic heterocycles. The monoisotopic (exact) mass is 393 g/mol. The van der Waals surface area contributed by atoms with Gasteiger partial charge >= 0.3 is 5.97 Å². The molecule has 2 rings (SSSR count). The van der Waals surface area contributed by atoms with Crippen LogP contribution >= 0.6 is 22.9 Å². The number of ether oxygens (including phenoxy) is 1. The average Bonchev–Trinajstić information content (AvgIpc) is 3.05. The lowest BCUT2D eigenvalue weighted by Gasteiger charge is -2.14. The van der Waals surface area contributed by atoms with Gasteiger partial charge in [-0.25, -0.2) is 4.79 Å². The van der Waals surface area contributed by atoms with Crippen molar-refractivity contribution in [2.75, 3.05) is 12.4 Å². The Labute approximate surface area is 163 Å². The van der Waals surface area contributed by atoms with Crippen LogP contribution in [0.4, 0.5) is 5.00 Å². The van der Waals surface area contributed by atoms with Gasteiger partial charge in [-0.2, -0.15) is 0 Å². The van der Waals surface area contributed by atoms with Gasteiger partial charge in [0.1, 0.15) is 10.6 Å².